The van der Waals surface area contributed by atoms with Crippen LogP contribution in [0, 0.1) is 10.1 Å². The van der Waals surface area contributed by atoms with E-state index in [9.17, 15) is 14.9 Å². The van der Waals surface area contributed by atoms with Crippen molar-refractivity contribution in [2.75, 3.05) is 12.3 Å². The first kappa shape index (κ1) is 26.2. The number of benzene rings is 3. The number of imidazole rings is 1. The highest BCUT2D eigenvalue weighted by Crippen LogP contribution is 2.36. The Morgan fingerprint density at radius 2 is 1.68 bits per heavy atom. The number of non-ortho nitro benzene ring substituents is 1. The zero-order valence-corrected chi connectivity index (χ0v) is 21.6. The van der Waals surface area contributed by atoms with Gasteiger partial charge in [-0.25, -0.2) is 4.98 Å². The average Bonchev–Trinajstić information content (AvgIpc) is 3.29. The van der Waals surface area contributed by atoms with Crippen LogP contribution in [0.25, 0.3) is 22.5 Å². The van der Waals surface area contributed by atoms with Crippen LogP contribution in [-0.2, 0) is 6.54 Å². The quantitative estimate of drug-likeness (QED) is 0.0968. The summed E-state index contributed by atoms with van der Waals surface area (Å²) < 4.78 is 2.33. The number of nitro benzene ring substituents is 1. The van der Waals surface area contributed by atoms with Crippen molar-refractivity contribution in [2.45, 2.75) is 37.9 Å². The fraction of sp³-hybridized carbons (Fsp3) is 0.241. The molecule has 8 heteroatoms. The van der Waals surface area contributed by atoms with Crippen LogP contribution in [-0.4, -0.2) is 32.7 Å². The summed E-state index contributed by atoms with van der Waals surface area (Å²) in [5, 5.41) is 14.8. The molecule has 1 N–H and O–H groups in total. The van der Waals surface area contributed by atoms with Crippen LogP contribution in [0.1, 0.15) is 36.5 Å². The van der Waals surface area contributed by atoms with Crippen LogP contribution in [0.3, 0.4) is 0 Å². The zero-order chi connectivity index (χ0) is 26.0. The van der Waals surface area contributed by atoms with Crippen LogP contribution in [0.2, 0.25) is 0 Å². The van der Waals surface area contributed by atoms with Gasteiger partial charge in [0.1, 0.15) is 0 Å². The van der Waals surface area contributed by atoms with E-state index in [-0.39, 0.29) is 11.6 Å². The monoisotopic (exact) mass is 514 g/mol. The molecule has 0 unspecified atom stereocenters. The van der Waals surface area contributed by atoms with E-state index in [1.807, 2.05) is 24.3 Å². The fourth-order valence-corrected chi connectivity index (χ4v) is 5.14. The van der Waals surface area contributed by atoms with Crippen LogP contribution < -0.4 is 5.32 Å². The number of rotatable bonds is 12. The van der Waals surface area contributed by atoms with Gasteiger partial charge < -0.3 is 9.88 Å². The third-order valence-electron chi connectivity index (χ3n) is 5.88. The molecule has 0 spiro atoms. The summed E-state index contributed by atoms with van der Waals surface area (Å²) in [6.45, 7) is 3.57. The van der Waals surface area contributed by atoms with Crippen molar-refractivity contribution in [3.05, 3.63) is 101 Å². The fourth-order valence-electron chi connectivity index (χ4n) is 4.11. The van der Waals surface area contributed by atoms with Crippen molar-refractivity contribution >= 4 is 23.4 Å². The molecule has 4 aromatic rings. The Kier molecular flexibility index (Phi) is 9.10. The molecule has 1 heterocycles. The Morgan fingerprint density at radius 3 is 2.35 bits per heavy atom. The van der Waals surface area contributed by atoms with Crippen molar-refractivity contribution in [1.82, 2.24) is 14.9 Å². The van der Waals surface area contributed by atoms with Gasteiger partial charge in [0.2, 0.25) is 0 Å². The molecule has 37 heavy (non-hydrogen) atoms. The maximum atomic E-state index is 12.3. The van der Waals surface area contributed by atoms with Gasteiger partial charge in [0.15, 0.2) is 5.16 Å². The number of nitro groups is 1. The molecule has 0 fully saturated rings. The highest BCUT2D eigenvalue weighted by atomic mass is 32.2. The molecule has 1 amide bonds. The van der Waals surface area contributed by atoms with E-state index in [0.717, 1.165) is 59.2 Å². The normalized spacial score (nSPS) is 10.8. The minimum atomic E-state index is -0.497. The Hall–Kier alpha value is -3.91. The van der Waals surface area contributed by atoms with E-state index >= 15 is 0 Å². The van der Waals surface area contributed by atoms with Gasteiger partial charge in [-0.15, -0.1) is 0 Å². The van der Waals surface area contributed by atoms with Gasteiger partial charge in [-0.3, -0.25) is 14.9 Å². The number of hydrogen-bond acceptors (Lipinski definition) is 5. The molecule has 0 saturated carbocycles. The second kappa shape index (κ2) is 12.9. The van der Waals surface area contributed by atoms with Crippen LogP contribution in [0.15, 0.2) is 90.1 Å². The summed E-state index contributed by atoms with van der Waals surface area (Å²) in [5.74, 6) is 0.574. The number of hydrogen-bond donors (Lipinski definition) is 1. The average molecular weight is 515 g/mol. The number of thioether (sulfide) groups is 1. The lowest BCUT2D eigenvalue weighted by Crippen LogP contribution is -2.24. The first-order valence-electron chi connectivity index (χ1n) is 12.4. The van der Waals surface area contributed by atoms with E-state index in [0.29, 0.717) is 12.1 Å². The number of nitrogens with one attached hydrogen (secondary N) is 1. The SMILES string of the molecule is CCCn1c(SCCCCNC(=O)c2cccc([N+](=O)[O-])c2)nc(-c2ccccc2)c1-c1ccccc1. The van der Waals surface area contributed by atoms with Crippen LogP contribution in [0.5, 0.6) is 0 Å². The standard InChI is InChI=1S/C29H30N4O3S/c1-2-19-32-27(23-14-7-4-8-15-23)26(22-12-5-3-6-13-22)31-29(32)37-20-10-9-18-30-28(34)24-16-11-17-25(21-24)33(35)36/h3-8,11-17,21H,2,9-10,18-20H2,1H3,(H,30,34). The van der Waals surface area contributed by atoms with Crippen molar-refractivity contribution in [1.29, 1.82) is 0 Å². The van der Waals surface area contributed by atoms with Gasteiger partial charge in [-0.1, -0.05) is 85.4 Å². The molecule has 3 aromatic carbocycles. The molecule has 0 saturated heterocycles. The lowest BCUT2D eigenvalue weighted by Gasteiger charge is -2.12. The number of carbonyl (C=O) groups is 1. The van der Waals surface area contributed by atoms with Gasteiger partial charge >= 0.3 is 0 Å². The summed E-state index contributed by atoms with van der Waals surface area (Å²) in [6, 6.07) is 26.5. The van der Waals surface area contributed by atoms with E-state index in [2.05, 4.69) is 53.2 Å². The number of unbranched alkanes of at least 4 members (excludes halogenated alkanes) is 1. The Bertz CT molecular complexity index is 1340. The number of amides is 1. The van der Waals surface area contributed by atoms with Crippen LogP contribution >= 0.6 is 11.8 Å². The molecule has 7 nitrogen and oxygen atoms in total. The van der Waals surface area contributed by atoms with Crippen molar-refractivity contribution in [3.8, 4) is 22.5 Å². The lowest BCUT2D eigenvalue weighted by molar-refractivity contribution is -0.384. The molecule has 0 aliphatic carbocycles. The smallest absolute Gasteiger partial charge is 0.270 e. The highest BCUT2D eigenvalue weighted by Gasteiger charge is 2.20. The second-order valence-electron chi connectivity index (χ2n) is 8.59. The highest BCUT2D eigenvalue weighted by molar-refractivity contribution is 7.99. The van der Waals surface area contributed by atoms with Gasteiger partial charge in [0.05, 0.1) is 16.3 Å². The van der Waals surface area contributed by atoms with Crippen LogP contribution in [0.4, 0.5) is 5.69 Å². The van der Waals surface area contributed by atoms with Gasteiger partial charge in [0, 0.05) is 47.7 Å². The summed E-state index contributed by atoms with van der Waals surface area (Å²) in [7, 11) is 0. The number of nitrogens with zero attached hydrogens (tertiary/aromatic N) is 3. The zero-order valence-electron chi connectivity index (χ0n) is 20.8. The van der Waals surface area contributed by atoms with E-state index < -0.39 is 4.92 Å². The molecular weight excluding hydrogens is 484 g/mol. The first-order valence-corrected chi connectivity index (χ1v) is 13.4. The molecule has 0 radical (unpaired) electrons. The first-order chi connectivity index (χ1) is 18.1. The molecule has 0 aliphatic heterocycles. The van der Waals surface area contributed by atoms with E-state index in [4.69, 9.17) is 4.98 Å². The molecule has 1 aromatic heterocycles. The topological polar surface area (TPSA) is 90.1 Å². The van der Waals surface area contributed by atoms with Gasteiger partial charge in [-0.05, 0) is 25.3 Å². The largest absolute Gasteiger partial charge is 0.352 e. The minimum Gasteiger partial charge on any atom is -0.352 e. The molecular formula is C29H30N4O3S. The van der Waals surface area contributed by atoms with Crippen molar-refractivity contribution < 1.29 is 9.72 Å². The molecule has 4 rings (SSSR count). The third kappa shape index (κ3) is 6.65. The van der Waals surface area contributed by atoms with Gasteiger partial charge in [-0.2, -0.15) is 0 Å². The summed E-state index contributed by atoms with van der Waals surface area (Å²) in [5.41, 5.74) is 4.59. The Morgan fingerprint density at radius 1 is 0.973 bits per heavy atom. The molecule has 190 valence electrons. The summed E-state index contributed by atoms with van der Waals surface area (Å²) >= 11 is 1.74. The predicted molar refractivity (Wildman–Crippen MR) is 149 cm³/mol. The molecule has 0 atom stereocenters. The summed E-state index contributed by atoms with van der Waals surface area (Å²) in [4.78, 5) is 27.9. The predicted octanol–water partition coefficient (Wildman–Crippen LogP) is 6.84. The maximum Gasteiger partial charge on any atom is 0.270 e. The third-order valence-corrected chi connectivity index (χ3v) is 6.94. The van der Waals surface area contributed by atoms with E-state index in [1.165, 1.54) is 18.2 Å². The summed E-state index contributed by atoms with van der Waals surface area (Å²) in [6.07, 6.45) is 2.71. The number of aromatic nitrogens is 2. The second-order valence-corrected chi connectivity index (χ2v) is 9.66. The lowest BCUT2D eigenvalue weighted by atomic mass is 10.0. The Labute approximate surface area is 221 Å². The minimum absolute atomic E-state index is 0.0867. The molecule has 0 aliphatic rings. The van der Waals surface area contributed by atoms with Crippen molar-refractivity contribution in [2.24, 2.45) is 0 Å². The Balaban J connectivity index is 1.40. The van der Waals surface area contributed by atoms with E-state index in [1.54, 1.807) is 17.8 Å². The van der Waals surface area contributed by atoms with Crippen molar-refractivity contribution in [3.63, 3.8) is 0 Å². The maximum absolute atomic E-state index is 12.3. The molecule has 0 bridgehead atoms. The number of carbonyl (C=O) groups excluding carboxylic acids is 1. The van der Waals surface area contributed by atoms with Gasteiger partial charge in [0.25, 0.3) is 11.6 Å².